The molecule has 1 aromatic carbocycles. The van der Waals surface area contributed by atoms with Crippen LogP contribution >= 0.6 is 23.1 Å². The SMILES string of the molecule is CSc1nnc(NC(=O)C2CCN(Cc3ccc(F)cc3)CC2)s1. The van der Waals surface area contributed by atoms with Crippen LogP contribution in [0.5, 0.6) is 0 Å². The molecule has 0 bridgehead atoms. The number of rotatable bonds is 5. The number of piperidine rings is 1. The van der Waals surface area contributed by atoms with Gasteiger partial charge in [0.15, 0.2) is 4.34 Å². The van der Waals surface area contributed by atoms with Crippen molar-refractivity contribution in [3.05, 3.63) is 35.6 Å². The number of hydrogen-bond donors (Lipinski definition) is 1. The molecule has 0 radical (unpaired) electrons. The predicted molar refractivity (Wildman–Crippen MR) is 94.7 cm³/mol. The van der Waals surface area contributed by atoms with Crippen molar-refractivity contribution in [3.8, 4) is 0 Å². The van der Waals surface area contributed by atoms with Gasteiger partial charge in [0.25, 0.3) is 0 Å². The van der Waals surface area contributed by atoms with Gasteiger partial charge in [0.05, 0.1) is 0 Å². The molecule has 2 heterocycles. The lowest BCUT2D eigenvalue weighted by molar-refractivity contribution is -0.121. The van der Waals surface area contributed by atoms with Crippen molar-refractivity contribution in [1.29, 1.82) is 0 Å². The molecule has 1 aliphatic rings. The molecule has 1 aromatic heterocycles. The number of thioether (sulfide) groups is 1. The van der Waals surface area contributed by atoms with Gasteiger partial charge in [-0.1, -0.05) is 35.2 Å². The third-order valence-corrected chi connectivity index (χ3v) is 5.90. The Balaban J connectivity index is 1.47. The highest BCUT2D eigenvalue weighted by Crippen LogP contribution is 2.25. The van der Waals surface area contributed by atoms with Gasteiger partial charge in [-0.15, -0.1) is 10.2 Å². The standard InChI is InChI=1S/C16H19FN4OS2/c1-23-16-20-19-15(24-16)18-14(22)12-6-8-21(9-7-12)10-11-2-4-13(17)5-3-11/h2-5,12H,6-10H2,1H3,(H,18,19,22). The number of hydrogen-bond acceptors (Lipinski definition) is 6. The minimum absolute atomic E-state index is 0.0103. The van der Waals surface area contributed by atoms with Crippen LogP contribution < -0.4 is 5.32 Å². The zero-order valence-electron chi connectivity index (χ0n) is 13.4. The second-order valence-electron chi connectivity index (χ2n) is 5.74. The molecule has 24 heavy (non-hydrogen) atoms. The van der Waals surface area contributed by atoms with Crippen molar-refractivity contribution in [3.63, 3.8) is 0 Å². The number of benzene rings is 1. The second kappa shape index (κ2) is 8.04. The lowest BCUT2D eigenvalue weighted by Crippen LogP contribution is -2.37. The van der Waals surface area contributed by atoms with E-state index in [4.69, 9.17) is 0 Å². The maximum atomic E-state index is 12.9. The van der Waals surface area contributed by atoms with Crippen LogP contribution in [0.2, 0.25) is 0 Å². The predicted octanol–water partition coefficient (Wildman–Crippen LogP) is 3.25. The zero-order valence-corrected chi connectivity index (χ0v) is 15.0. The number of carbonyl (C=O) groups excluding carboxylic acids is 1. The third kappa shape index (κ3) is 4.52. The second-order valence-corrected chi connectivity index (χ2v) is 7.77. The van der Waals surface area contributed by atoms with Crippen LogP contribution in [0.25, 0.3) is 0 Å². The molecule has 0 atom stereocenters. The molecule has 3 rings (SSSR count). The summed E-state index contributed by atoms with van der Waals surface area (Å²) in [5.74, 6) is -0.174. The molecule has 8 heteroatoms. The third-order valence-electron chi connectivity index (χ3n) is 4.09. The highest BCUT2D eigenvalue weighted by molar-refractivity contribution is 8.00. The molecular weight excluding hydrogens is 347 g/mol. The van der Waals surface area contributed by atoms with E-state index in [1.54, 1.807) is 0 Å². The van der Waals surface area contributed by atoms with Gasteiger partial charge in [-0.2, -0.15) is 0 Å². The largest absolute Gasteiger partial charge is 0.300 e. The Morgan fingerprint density at radius 1 is 1.33 bits per heavy atom. The van der Waals surface area contributed by atoms with Gasteiger partial charge in [0.1, 0.15) is 5.82 Å². The number of aromatic nitrogens is 2. The van der Waals surface area contributed by atoms with Gasteiger partial charge < -0.3 is 5.32 Å². The highest BCUT2D eigenvalue weighted by atomic mass is 32.2. The Labute approximate surface area is 148 Å². The number of anilines is 1. The smallest absolute Gasteiger partial charge is 0.229 e. The minimum atomic E-state index is -0.213. The number of likely N-dealkylation sites (tertiary alicyclic amines) is 1. The summed E-state index contributed by atoms with van der Waals surface area (Å²) in [6.07, 6.45) is 3.57. The van der Waals surface area contributed by atoms with Gasteiger partial charge in [-0.25, -0.2) is 4.39 Å². The van der Waals surface area contributed by atoms with Crippen molar-refractivity contribution in [2.45, 2.75) is 23.7 Å². The van der Waals surface area contributed by atoms with Crippen LogP contribution in [0, 0.1) is 11.7 Å². The Bertz CT molecular complexity index is 684. The molecule has 1 fully saturated rings. The molecule has 1 saturated heterocycles. The number of nitrogens with zero attached hydrogens (tertiary/aromatic N) is 3. The Morgan fingerprint density at radius 2 is 2.04 bits per heavy atom. The topological polar surface area (TPSA) is 58.1 Å². The number of halogens is 1. The van der Waals surface area contributed by atoms with Crippen molar-refractivity contribution in [2.75, 3.05) is 24.7 Å². The molecule has 2 aromatic rings. The van der Waals surface area contributed by atoms with E-state index in [1.807, 2.05) is 18.4 Å². The van der Waals surface area contributed by atoms with E-state index in [9.17, 15) is 9.18 Å². The van der Waals surface area contributed by atoms with E-state index in [0.717, 1.165) is 42.4 Å². The first-order chi connectivity index (χ1) is 11.6. The molecule has 1 amide bonds. The monoisotopic (exact) mass is 366 g/mol. The number of amides is 1. The van der Waals surface area contributed by atoms with Gasteiger partial charge in [0.2, 0.25) is 11.0 Å². The van der Waals surface area contributed by atoms with E-state index < -0.39 is 0 Å². The molecular formula is C16H19FN4OS2. The van der Waals surface area contributed by atoms with Gasteiger partial charge >= 0.3 is 0 Å². The van der Waals surface area contributed by atoms with Crippen LogP contribution in [0.3, 0.4) is 0 Å². The van der Waals surface area contributed by atoms with Crippen LogP contribution in [-0.2, 0) is 11.3 Å². The summed E-state index contributed by atoms with van der Waals surface area (Å²) in [7, 11) is 0. The van der Waals surface area contributed by atoms with E-state index in [2.05, 4.69) is 20.4 Å². The molecule has 0 spiro atoms. The molecule has 0 saturated carbocycles. The maximum Gasteiger partial charge on any atom is 0.229 e. The van der Waals surface area contributed by atoms with Gasteiger partial charge in [-0.3, -0.25) is 9.69 Å². The summed E-state index contributed by atoms with van der Waals surface area (Å²) >= 11 is 2.91. The van der Waals surface area contributed by atoms with Crippen molar-refractivity contribution >= 4 is 34.1 Å². The van der Waals surface area contributed by atoms with Crippen molar-refractivity contribution in [1.82, 2.24) is 15.1 Å². The fourth-order valence-electron chi connectivity index (χ4n) is 2.75. The summed E-state index contributed by atoms with van der Waals surface area (Å²) in [6.45, 7) is 2.52. The summed E-state index contributed by atoms with van der Waals surface area (Å²) in [4.78, 5) is 14.6. The highest BCUT2D eigenvalue weighted by Gasteiger charge is 2.25. The number of carbonyl (C=O) groups is 1. The molecule has 128 valence electrons. The fraction of sp³-hybridized carbons (Fsp3) is 0.438. The molecule has 0 unspecified atom stereocenters. The summed E-state index contributed by atoms with van der Waals surface area (Å²) < 4.78 is 13.8. The van der Waals surface area contributed by atoms with Crippen LogP contribution in [0.4, 0.5) is 9.52 Å². The maximum absolute atomic E-state index is 12.9. The Morgan fingerprint density at radius 3 is 2.67 bits per heavy atom. The van der Waals surface area contributed by atoms with E-state index in [0.29, 0.717) is 5.13 Å². The Hall–Kier alpha value is -1.51. The van der Waals surface area contributed by atoms with Crippen molar-refractivity contribution in [2.24, 2.45) is 5.92 Å². The van der Waals surface area contributed by atoms with E-state index in [1.165, 1.54) is 35.2 Å². The van der Waals surface area contributed by atoms with Crippen LogP contribution in [-0.4, -0.2) is 40.3 Å². The number of nitrogens with one attached hydrogen (secondary N) is 1. The Kier molecular flexibility index (Phi) is 5.80. The molecule has 0 aliphatic carbocycles. The van der Waals surface area contributed by atoms with Gasteiger partial charge in [-0.05, 0) is 49.9 Å². The van der Waals surface area contributed by atoms with Crippen molar-refractivity contribution < 1.29 is 9.18 Å². The first-order valence-electron chi connectivity index (χ1n) is 7.79. The average Bonchev–Trinajstić information content (AvgIpc) is 3.05. The van der Waals surface area contributed by atoms with Crippen LogP contribution in [0.15, 0.2) is 28.6 Å². The summed E-state index contributed by atoms with van der Waals surface area (Å²) in [5, 5.41) is 11.4. The molecule has 1 N–H and O–H groups in total. The average molecular weight is 366 g/mol. The van der Waals surface area contributed by atoms with E-state index >= 15 is 0 Å². The quantitative estimate of drug-likeness (QED) is 0.650. The van der Waals surface area contributed by atoms with Gasteiger partial charge in [0, 0.05) is 12.5 Å². The minimum Gasteiger partial charge on any atom is -0.300 e. The first kappa shape index (κ1) is 17.3. The zero-order chi connectivity index (χ0) is 16.9. The van der Waals surface area contributed by atoms with E-state index in [-0.39, 0.29) is 17.6 Å². The lowest BCUT2D eigenvalue weighted by Gasteiger charge is -2.31. The first-order valence-corrected chi connectivity index (χ1v) is 9.83. The lowest BCUT2D eigenvalue weighted by atomic mass is 9.95. The fourth-order valence-corrected chi connectivity index (χ4v) is 3.92. The molecule has 1 aliphatic heterocycles. The van der Waals surface area contributed by atoms with Crippen LogP contribution in [0.1, 0.15) is 18.4 Å². The summed E-state index contributed by atoms with van der Waals surface area (Å²) in [6, 6.07) is 6.60. The normalized spacial score (nSPS) is 16.2. The molecule has 5 nitrogen and oxygen atoms in total. The summed E-state index contributed by atoms with van der Waals surface area (Å²) in [5.41, 5.74) is 1.10.